The molecular formula is C35H42Cl2SiZr-2. The van der Waals surface area contributed by atoms with Crippen molar-refractivity contribution in [3.05, 3.63) is 106 Å². The summed E-state index contributed by atoms with van der Waals surface area (Å²) in [5.74, 6) is 0.617. The molecule has 0 heterocycles. The average Bonchev–Trinajstić information content (AvgIpc) is 3.47. The van der Waals surface area contributed by atoms with Crippen LogP contribution in [-0.2, 0) is 23.3 Å². The van der Waals surface area contributed by atoms with E-state index in [2.05, 4.69) is 135 Å². The summed E-state index contributed by atoms with van der Waals surface area (Å²) in [5.41, 5.74) is 12.8. The summed E-state index contributed by atoms with van der Waals surface area (Å²) in [6.45, 7) is 22.4. The molecule has 0 fully saturated rings. The number of fused-ring (bicyclic) bond motifs is 2. The van der Waals surface area contributed by atoms with Gasteiger partial charge in [-0.3, -0.25) is 0 Å². The van der Waals surface area contributed by atoms with Crippen molar-refractivity contribution in [2.45, 2.75) is 74.4 Å². The third-order valence-corrected chi connectivity index (χ3v) is 7.41. The van der Waals surface area contributed by atoms with Gasteiger partial charge in [-0.2, -0.15) is 12.1 Å². The number of hydrogen-bond donors (Lipinski definition) is 0. The fourth-order valence-corrected chi connectivity index (χ4v) is 4.91. The van der Waals surface area contributed by atoms with E-state index in [1.807, 2.05) is 0 Å². The summed E-state index contributed by atoms with van der Waals surface area (Å²) >= 11 is 1.74. The molecule has 39 heavy (non-hydrogen) atoms. The second-order valence-corrected chi connectivity index (χ2v) is 20.3. The zero-order chi connectivity index (χ0) is 27.4. The van der Waals surface area contributed by atoms with E-state index in [-0.39, 0.29) is 30.2 Å². The molecule has 0 amide bonds. The van der Waals surface area contributed by atoms with E-state index in [1.165, 1.54) is 71.6 Å². The van der Waals surface area contributed by atoms with E-state index < -0.39 is 0 Å². The molecular weight excluding hydrogens is 611 g/mol. The molecule has 0 aliphatic heterocycles. The van der Waals surface area contributed by atoms with Crippen molar-refractivity contribution in [3.63, 3.8) is 0 Å². The molecule has 5 aromatic rings. The smallest absolute Gasteiger partial charge is 0.0279 e. The third-order valence-electron chi connectivity index (χ3n) is 7.41. The topological polar surface area (TPSA) is 0 Å². The Labute approximate surface area is 264 Å². The molecule has 0 bridgehead atoms. The molecule has 0 aliphatic carbocycles. The first kappa shape index (κ1) is 35.6. The summed E-state index contributed by atoms with van der Waals surface area (Å²) in [5, 5.41) is 5.64. The fourth-order valence-electron chi connectivity index (χ4n) is 4.91. The van der Waals surface area contributed by atoms with Crippen LogP contribution in [0.4, 0.5) is 0 Å². The zero-order valence-corrected chi connectivity index (χ0v) is 30.2. The van der Waals surface area contributed by atoms with Gasteiger partial charge in [0.05, 0.1) is 0 Å². The first-order valence-electron chi connectivity index (χ1n) is 13.3. The molecule has 0 aliphatic rings. The quantitative estimate of drug-likeness (QED) is 0.194. The molecule has 5 rings (SSSR count). The van der Waals surface area contributed by atoms with Gasteiger partial charge in [0.25, 0.3) is 0 Å². The standard InChI is InChI=1S/C17H15.C16H21.C2H6Si.2ClH.Zr/c1-12-10-16-13(2)8-9-15(17(16)11-12)14-6-4-3-5-7-14;1-9(2)14-7-15-12(5)10(3)11(4)13(6)16(15)8-14;1-3-2;;;/h3-11H,1-2H3;7-9H,1-6H3;1-2H3;2*1H;/q2*-1;;;;+2/p-2. The Bertz CT molecular complexity index is 1490. The van der Waals surface area contributed by atoms with Crippen LogP contribution in [0.2, 0.25) is 13.1 Å². The van der Waals surface area contributed by atoms with E-state index in [4.69, 9.17) is 0 Å². The Morgan fingerprint density at radius 3 is 1.79 bits per heavy atom. The first-order chi connectivity index (χ1) is 17.4. The minimum absolute atomic E-state index is 0. The number of halogens is 2. The maximum absolute atomic E-state index is 2.37. The van der Waals surface area contributed by atoms with Crippen LogP contribution in [0, 0.1) is 41.5 Å². The fraction of sp³-hybridized carbons (Fsp3) is 0.314. The Balaban J connectivity index is 0.000000329. The summed E-state index contributed by atoms with van der Waals surface area (Å²) in [6, 6.07) is 24.3. The van der Waals surface area contributed by atoms with Gasteiger partial charge >= 0.3 is 41.9 Å². The van der Waals surface area contributed by atoms with Crippen LogP contribution in [-0.4, -0.2) is 5.43 Å². The predicted octanol–water partition coefficient (Wildman–Crippen LogP) is 4.55. The number of aryl methyl sites for hydroxylation is 4. The van der Waals surface area contributed by atoms with E-state index in [1.54, 1.807) is 23.3 Å². The number of hydrogen-bond acceptors (Lipinski definition) is 0. The molecule has 0 radical (unpaired) electrons. The van der Waals surface area contributed by atoms with Crippen LogP contribution < -0.4 is 24.8 Å². The van der Waals surface area contributed by atoms with Crippen LogP contribution in [0.1, 0.15) is 58.7 Å². The SMILES string of the molecule is C[Si](C)=[Zr+2].Cc1c(C)c(C)c2[cH-]c(C(C)C)cc2c1C.Cc1cc2c(-c3ccccc3)ccc(C)c2[cH-]1.[Cl-].[Cl-]. The van der Waals surface area contributed by atoms with Gasteiger partial charge in [-0.05, 0) is 32.3 Å². The van der Waals surface area contributed by atoms with Crippen LogP contribution in [0.3, 0.4) is 0 Å². The van der Waals surface area contributed by atoms with Crippen molar-refractivity contribution >= 4 is 27.0 Å². The maximum atomic E-state index is 2.37. The van der Waals surface area contributed by atoms with Gasteiger partial charge in [0.2, 0.25) is 0 Å². The van der Waals surface area contributed by atoms with Gasteiger partial charge in [0.15, 0.2) is 0 Å². The predicted molar refractivity (Wildman–Crippen MR) is 165 cm³/mol. The van der Waals surface area contributed by atoms with Gasteiger partial charge in [0, 0.05) is 0 Å². The van der Waals surface area contributed by atoms with Crippen molar-refractivity contribution in [2.24, 2.45) is 0 Å². The van der Waals surface area contributed by atoms with Gasteiger partial charge < -0.3 is 24.8 Å². The molecule has 0 atom stereocenters. The zero-order valence-electron chi connectivity index (χ0n) is 25.2. The largest absolute Gasteiger partial charge is 1.00 e. The normalized spacial score (nSPS) is 10.3. The molecule has 0 unspecified atom stereocenters. The Hall–Kier alpha value is -1.44. The van der Waals surface area contributed by atoms with E-state index in [0.29, 0.717) is 5.92 Å². The van der Waals surface area contributed by atoms with Gasteiger partial charge in [-0.1, -0.05) is 93.3 Å². The second-order valence-electron chi connectivity index (χ2n) is 10.9. The van der Waals surface area contributed by atoms with Crippen LogP contribution >= 0.6 is 0 Å². The van der Waals surface area contributed by atoms with Crippen molar-refractivity contribution in [1.82, 2.24) is 0 Å². The van der Waals surface area contributed by atoms with Crippen molar-refractivity contribution in [3.8, 4) is 11.1 Å². The van der Waals surface area contributed by atoms with E-state index in [0.717, 1.165) is 0 Å². The molecule has 0 saturated heterocycles. The number of benzene rings is 3. The van der Waals surface area contributed by atoms with Gasteiger partial charge in [0.1, 0.15) is 0 Å². The average molecular weight is 653 g/mol. The molecule has 0 saturated carbocycles. The third kappa shape index (κ3) is 8.53. The van der Waals surface area contributed by atoms with Crippen LogP contribution in [0.15, 0.2) is 66.7 Å². The Kier molecular flexibility index (Phi) is 14.2. The second kappa shape index (κ2) is 15.5. The molecule has 5 aromatic carbocycles. The Morgan fingerprint density at radius 1 is 0.667 bits per heavy atom. The maximum Gasteiger partial charge on any atom is -0.0279 e. The van der Waals surface area contributed by atoms with Crippen LogP contribution in [0.5, 0.6) is 0 Å². The monoisotopic (exact) mass is 650 g/mol. The van der Waals surface area contributed by atoms with Gasteiger partial charge in [-0.15, -0.1) is 62.0 Å². The molecule has 4 heteroatoms. The summed E-state index contributed by atoms with van der Waals surface area (Å²) < 4.78 is 0. The van der Waals surface area contributed by atoms with Crippen LogP contribution in [0.25, 0.3) is 32.7 Å². The van der Waals surface area contributed by atoms with Gasteiger partial charge in [-0.25, -0.2) is 0 Å². The molecule has 0 nitrogen and oxygen atoms in total. The van der Waals surface area contributed by atoms with E-state index >= 15 is 0 Å². The minimum atomic E-state index is 0. The summed E-state index contributed by atoms with van der Waals surface area (Å²) in [4.78, 5) is 0. The van der Waals surface area contributed by atoms with Crippen molar-refractivity contribution in [2.75, 3.05) is 0 Å². The minimum Gasteiger partial charge on any atom is -1.00 e. The van der Waals surface area contributed by atoms with E-state index in [9.17, 15) is 0 Å². The van der Waals surface area contributed by atoms with Crippen molar-refractivity contribution in [1.29, 1.82) is 0 Å². The van der Waals surface area contributed by atoms with Crippen molar-refractivity contribution < 1.29 is 48.1 Å². The number of rotatable bonds is 2. The first-order valence-corrected chi connectivity index (χ1v) is 19.5. The molecule has 206 valence electrons. The molecule has 0 spiro atoms. The Morgan fingerprint density at radius 2 is 1.23 bits per heavy atom. The summed E-state index contributed by atoms with van der Waals surface area (Å²) in [6.07, 6.45) is 0. The summed E-state index contributed by atoms with van der Waals surface area (Å²) in [7, 11) is 0. The molecule has 0 N–H and O–H groups in total. The molecule has 0 aromatic heterocycles.